The zero-order valence-electron chi connectivity index (χ0n) is 11.4. The Morgan fingerprint density at radius 1 is 1.33 bits per heavy atom. The highest BCUT2D eigenvalue weighted by Gasteiger charge is 2.19. The van der Waals surface area contributed by atoms with Gasteiger partial charge in [-0.05, 0) is 18.6 Å². The van der Waals surface area contributed by atoms with Crippen LogP contribution in [-0.4, -0.2) is 20.6 Å². The first-order valence-corrected chi connectivity index (χ1v) is 6.00. The molecule has 1 aromatic heterocycles. The SMILES string of the molecule is Cc1cccc([N+](=O)[O-])c1NC(=O)c1ccc(=O)n(C)n1. The lowest BCUT2D eigenvalue weighted by atomic mass is 10.1. The summed E-state index contributed by atoms with van der Waals surface area (Å²) < 4.78 is 1.02. The molecule has 2 rings (SSSR count). The Bertz CT molecular complexity index is 782. The predicted molar refractivity (Wildman–Crippen MR) is 75.3 cm³/mol. The number of anilines is 1. The fourth-order valence-electron chi connectivity index (χ4n) is 1.77. The first kappa shape index (κ1) is 14.4. The number of nitrogens with zero attached hydrogens (tertiary/aromatic N) is 3. The van der Waals surface area contributed by atoms with Crippen LogP contribution in [0.25, 0.3) is 0 Å². The number of para-hydroxylation sites is 1. The van der Waals surface area contributed by atoms with E-state index in [0.717, 1.165) is 4.68 Å². The molecule has 0 aliphatic heterocycles. The fourth-order valence-corrected chi connectivity index (χ4v) is 1.77. The van der Waals surface area contributed by atoms with Crippen molar-refractivity contribution in [2.45, 2.75) is 6.92 Å². The number of nitro groups is 1. The Labute approximate surface area is 119 Å². The zero-order valence-corrected chi connectivity index (χ0v) is 11.4. The lowest BCUT2D eigenvalue weighted by molar-refractivity contribution is -0.383. The van der Waals surface area contributed by atoms with Crippen LogP contribution in [0.2, 0.25) is 0 Å². The van der Waals surface area contributed by atoms with E-state index in [1.54, 1.807) is 13.0 Å². The average Bonchev–Trinajstić information content (AvgIpc) is 2.43. The van der Waals surface area contributed by atoms with E-state index in [9.17, 15) is 19.7 Å². The Morgan fingerprint density at radius 3 is 2.67 bits per heavy atom. The van der Waals surface area contributed by atoms with Crippen molar-refractivity contribution in [2.24, 2.45) is 7.05 Å². The second-order valence-corrected chi connectivity index (χ2v) is 4.36. The number of hydrogen-bond acceptors (Lipinski definition) is 5. The van der Waals surface area contributed by atoms with E-state index in [4.69, 9.17) is 0 Å². The van der Waals surface area contributed by atoms with E-state index in [-0.39, 0.29) is 22.6 Å². The van der Waals surface area contributed by atoms with E-state index in [2.05, 4.69) is 10.4 Å². The van der Waals surface area contributed by atoms with Gasteiger partial charge in [-0.2, -0.15) is 5.10 Å². The van der Waals surface area contributed by atoms with Gasteiger partial charge in [0.05, 0.1) is 4.92 Å². The predicted octanol–water partition coefficient (Wildman–Crippen LogP) is 1.25. The maximum Gasteiger partial charge on any atom is 0.293 e. The number of hydrogen-bond donors (Lipinski definition) is 1. The van der Waals surface area contributed by atoms with E-state index < -0.39 is 10.8 Å². The third kappa shape index (κ3) is 2.94. The van der Waals surface area contributed by atoms with Crippen LogP contribution < -0.4 is 10.9 Å². The second kappa shape index (κ2) is 5.53. The molecule has 1 amide bonds. The van der Waals surface area contributed by atoms with Gasteiger partial charge in [-0.1, -0.05) is 12.1 Å². The molecule has 0 saturated carbocycles. The molecule has 0 aliphatic carbocycles. The van der Waals surface area contributed by atoms with Crippen LogP contribution >= 0.6 is 0 Å². The summed E-state index contributed by atoms with van der Waals surface area (Å²) in [6, 6.07) is 6.96. The van der Waals surface area contributed by atoms with E-state index in [1.807, 2.05) is 0 Å². The first-order valence-electron chi connectivity index (χ1n) is 6.00. The molecule has 1 aromatic carbocycles. The summed E-state index contributed by atoms with van der Waals surface area (Å²) in [7, 11) is 1.41. The van der Waals surface area contributed by atoms with Gasteiger partial charge in [0.25, 0.3) is 17.2 Å². The van der Waals surface area contributed by atoms with Crippen molar-refractivity contribution in [3.05, 3.63) is 62.1 Å². The van der Waals surface area contributed by atoms with E-state index in [1.165, 1.54) is 31.3 Å². The summed E-state index contributed by atoms with van der Waals surface area (Å²) in [5.41, 5.74) is 0.113. The summed E-state index contributed by atoms with van der Waals surface area (Å²) in [5, 5.41) is 17.2. The lowest BCUT2D eigenvalue weighted by Gasteiger charge is -2.08. The van der Waals surface area contributed by atoms with Gasteiger partial charge in [0.1, 0.15) is 11.4 Å². The highest BCUT2D eigenvalue weighted by molar-refractivity contribution is 6.04. The van der Waals surface area contributed by atoms with Gasteiger partial charge < -0.3 is 5.32 Å². The van der Waals surface area contributed by atoms with Crippen molar-refractivity contribution in [1.82, 2.24) is 9.78 Å². The third-order valence-corrected chi connectivity index (χ3v) is 2.88. The highest BCUT2D eigenvalue weighted by Crippen LogP contribution is 2.27. The summed E-state index contributed by atoms with van der Waals surface area (Å²) >= 11 is 0. The first-order chi connectivity index (χ1) is 9.90. The summed E-state index contributed by atoms with van der Waals surface area (Å²) in [6.07, 6.45) is 0. The molecule has 0 fully saturated rings. The number of rotatable bonds is 3. The molecule has 0 spiro atoms. The number of aryl methyl sites for hydroxylation is 2. The van der Waals surface area contributed by atoms with Crippen molar-refractivity contribution in [3.8, 4) is 0 Å². The standard InChI is InChI=1S/C13H12N4O4/c1-8-4-3-5-10(17(20)21)12(8)14-13(19)9-6-7-11(18)16(2)15-9/h3-7H,1-2H3,(H,14,19). The Morgan fingerprint density at radius 2 is 2.05 bits per heavy atom. The second-order valence-electron chi connectivity index (χ2n) is 4.36. The Hall–Kier alpha value is -3.03. The summed E-state index contributed by atoms with van der Waals surface area (Å²) in [4.78, 5) is 33.7. The van der Waals surface area contributed by atoms with Gasteiger partial charge >= 0.3 is 0 Å². The monoisotopic (exact) mass is 288 g/mol. The molecule has 0 saturated heterocycles. The van der Waals surface area contributed by atoms with Crippen LogP contribution in [0.3, 0.4) is 0 Å². The number of benzene rings is 1. The van der Waals surface area contributed by atoms with Crippen LogP contribution in [0.4, 0.5) is 11.4 Å². The molecule has 0 radical (unpaired) electrons. The maximum atomic E-state index is 12.1. The molecule has 1 heterocycles. The number of aromatic nitrogens is 2. The molecule has 0 unspecified atom stereocenters. The number of amides is 1. The summed E-state index contributed by atoms with van der Waals surface area (Å²) in [6.45, 7) is 1.65. The minimum absolute atomic E-state index is 0.00495. The fraction of sp³-hybridized carbons (Fsp3) is 0.154. The molecule has 0 bridgehead atoms. The molecule has 108 valence electrons. The molecule has 0 atom stereocenters. The zero-order chi connectivity index (χ0) is 15.6. The third-order valence-electron chi connectivity index (χ3n) is 2.88. The number of carbonyl (C=O) groups excluding carboxylic acids is 1. The van der Waals surface area contributed by atoms with Gasteiger partial charge in [0.2, 0.25) is 0 Å². The molecular weight excluding hydrogens is 276 g/mol. The molecular formula is C13H12N4O4. The number of carbonyl (C=O) groups is 1. The average molecular weight is 288 g/mol. The molecule has 2 aromatic rings. The minimum Gasteiger partial charge on any atom is -0.315 e. The van der Waals surface area contributed by atoms with Gasteiger partial charge in [0.15, 0.2) is 0 Å². The van der Waals surface area contributed by atoms with Crippen molar-refractivity contribution >= 4 is 17.3 Å². The van der Waals surface area contributed by atoms with Crippen LogP contribution in [-0.2, 0) is 7.05 Å². The normalized spacial score (nSPS) is 10.2. The molecule has 8 nitrogen and oxygen atoms in total. The highest BCUT2D eigenvalue weighted by atomic mass is 16.6. The van der Waals surface area contributed by atoms with Crippen LogP contribution in [0.1, 0.15) is 16.1 Å². The topological polar surface area (TPSA) is 107 Å². The van der Waals surface area contributed by atoms with E-state index >= 15 is 0 Å². The summed E-state index contributed by atoms with van der Waals surface area (Å²) in [5.74, 6) is -0.622. The smallest absolute Gasteiger partial charge is 0.293 e. The van der Waals surface area contributed by atoms with Crippen molar-refractivity contribution in [3.63, 3.8) is 0 Å². The van der Waals surface area contributed by atoms with Crippen molar-refractivity contribution < 1.29 is 9.72 Å². The van der Waals surface area contributed by atoms with Gasteiger partial charge in [-0.15, -0.1) is 0 Å². The Balaban J connectivity index is 2.38. The number of nitrogens with one attached hydrogen (secondary N) is 1. The quantitative estimate of drug-likeness (QED) is 0.675. The molecule has 1 N–H and O–H groups in total. The largest absolute Gasteiger partial charge is 0.315 e. The van der Waals surface area contributed by atoms with Crippen LogP contribution in [0, 0.1) is 17.0 Å². The van der Waals surface area contributed by atoms with Crippen molar-refractivity contribution in [1.29, 1.82) is 0 Å². The van der Waals surface area contributed by atoms with Gasteiger partial charge in [-0.3, -0.25) is 19.7 Å². The molecule has 8 heteroatoms. The molecule has 21 heavy (non-hydrogen) atoms. The van der Waals surface area contributed by atoms with Crippen LogP contribution in [0.15, 0.2) is 35.1 Å². The lowest BCUT2D eigenvalue weighted by Crippen LogP contribution is -2.24. The van der Waals surface area contributed by atoms with Gasteiger partial charge in [0, 0.05) is 19.2 Å². The minimum atomic E-state index is -0.622. The molecule has 0 aliphatic rings. The van der Waals surface area contributed by atoms with Crippen LogP contribution in [0.5, 0.6) is 0 Å². The van der Waals surface area contributed by atoms with E-state index in [0.29, 0.717) is 5.56 Å². The van der Waals surface area contributed by atoms with Crippen molar-refractivity contribution in [2.75, 3.05) is 5.32 Å². The van der Waals surface area contributed by atoms with Gasteiger partial charge in [-0.25, -0.2) is 4.68 Å². The maximum absolute atomic E-state index is 12.1. The Kier molecular flexibility index (Phi) is 3.79. The number of nitro benzene ring substituents is 1.